The van der Waals surface area contributed by atoms with Crippen LogP contribution in [0.15, 0.2) is 36.9 Å². The Balaban J connectivity index is 2.82. The third-order valence-corrected chi connectivity index (χ3v) is 3.35. The van der Waals surface area contributed by atoms with Crippen LogP contribution in [0, 0.1) is 0 Å². The lowest BCUT2D eigenvalue weighted by molar-refractivity contribution is -0.138. The van der Waals surface area contributed by atoms with Crippen LogP contribution in [-0.4, -0.2) is 52.8 Å². The van der Waals surface area contributed by atoms with Gasteiger partial charge in [0.2, 0.25) is 0 Å². The van der Waals surface area contributed by atoms with E-state index >= 15 is 0 Å². The van der Waals surface area contributed by atoms with E-state index in [0.717, 1.165) is 6.08 Å². The Morgan fingerprint density at radius 2 is 1.88 bits per heavy atom. The molecule has 1 aromatic rings. The molecule has 2 unspecified atom stereocenters. The minimum atomic E-state index is -1.28. The van der Waals surface area contributed by atoms with Crippen molar-refractivity contribution in [3.05, 3.63) is 48.0 Å². The van der Waals surface area contributed by atoms with Crippen LogP contribution >= 0.6 is 11.6 Å². The highest BCUT2D eigenvalue weighted by Crippen LogP contribution is 2.15. The summed E-state index contributed by atoms with van der Waals surface area (Å²) >= 11 is 5.57. The van der Waals surface area contributed by atoms with Crippen LogP contribution in [0.3, 0.4) is 0 Å². The number of aliphatic hydroxyl groups is 1. The Hall–Kier alpha value is -2.38. The molecular weight excluding hydrogens is 340 g/mol. The van der Waals surface area contributed by atoms with E-state index in [2.05, 4.69) is 6.58 Å². The van der Waals surface area contributed by atoms with Gasteiger partial charge >= 0.3 is 17.9 Å². The summed E-state index contributed by atoms with van der Waals surface area (Å²) in [5.74, 6) is -3.07. The van der Waals surface area contributed by atoms with Crippen molar-refractivity contribution in [2.24, 2.45) is 0 Å². The average molecular weight is 357 g/mol. The first kappa shape index (κ1) is 19.7. The average Bonchev–Trinajstić information content (AvgIpc) is 2.59. The Morgan fingerprint density at radius 1 is 1.25 bits per heavy atom. The minimum Gasteiger partial charge on any atom is -0.478 e. The number of hydrogen-bond acceptors (Lipinski definition) is 6. The predicted molar refractivity (Wildman–Crippen MR) is 85.1 cm³/mol. The zero-order valence-corrected chi connectivity index (χ0v) is 13.4. The molecular formula is C16H17ClO7. The molecule has 0 aliphatic heterocycles. The monoisotopic (exact) mass is 356 g/mol. The molecule has 2 atom stereocenters. The normalized spacial score (nSPS) is 12.8. The maximum Gasteiger partial charge on any atom is 0.339 e. The zero-order valence-electron chi connectivity index (χ0n) is 12.7. The molecule has 130 valence electrons. The van der Waals surface area contributed by atoms with Crippen molar-refractivity contribution >= 4 is 29.5 Å². The van der Waals surface area contributed by atoms with Crippen LogP contribution in [0.1, 0.15) is 27.1 Å². The maximum atomic E-state index is 12.2. The van der Waals surface area contributed by atoms with Crippen molar-refractivity contribution in [2.45, 2.75) is 18.6 Å². The molecule has 0 amide bonds. The number of aromatic carboxylic acids is 1. The number of aliphatic hydroxyl groups excluding tert-OH is 1. The number of carboxylic acids is 1. The molecule has 0 saturated carbocycles. The fraction of sp³-hybridized carbons (Fsp3) is 0.312. The highest BCUT2D eigenvalue weighted by Gasteiger charge is 2.26. The van der Waals surface area contributed by atoms with Crippen LogP contribution in [0.2, 0.25) is 0 Å². The molecule has 0 radical (unpaired) electrons. The van der Waals surface area contributed by atoms with Gasteiger partial charge in [0, 0.05) is 12.5 Å². The lowest BCUT2D eigenvalue weighted by atomic mass is 10.1. The summed E-state index contributed by atoms with van der Waals surface area (Å²) in [5, 5.41) is 18.9. The first-order valence-corrected chi connectivity index (χ1v) is 7.50. The van der Waals surface area contributed by atoms with E-state index in [1.807, 2.05) is 0 Å². The molecule has 1 rings (SSSR count). The smallest absolute Gasteiger partial charge is 0.339 e. The number of carbonyl (C=O) groups is 3. The van der Waals surface area contributed by atoms with E-state index in [0.29, 0.717) is 0 Å². The fourth-order valence-electron chi connectivity index (χ4n) is 1.81. The van der Waals surface area contributed by atoms with E-state index in [1.165, 1.54) is 24.3 Å². The Labute approximate surface area is 143 Å². The number of carboxylic acid groups (broad SMARTS) is 1. The zero-order chi connectivity index (χ0) is 18.1. The maximum absolute atomic E-state index is 12.2. The quantitative estimate of drug-likeness (QED) is 0.393. The molecule has 0 aromatic heterocycles. The molecule has 7 nitrogen and oxygen atoms in total. The molecule has 0 aliphatic carbocycles. The summed E-state index contributed by atoms with van der Waals surface area (Å²) in [7, 11) is 0. The lowest BCUT2D eigenvalue weighted by Gasteiger charge is -2.22. The summed E-state index contributed by atoms with van der Waals surface area (Å²) in [6.45, 7) is 3.11. The van der Waals surface area contributed by atoms with Crippen LogP contribution < -0.4 is 0 Å². The van der Waals surface area contributed by atoms with Crippen molar-refractivity contribution in [3.8, 4) is 0 Å². The second-order valence-corrected chi connectivity index (χ2v) is 4.99. The third kappa shape index (κ3) is 5.68. The lowest BCUT2D eigenvalue weighted by Crippen LogP contribution is -2.34. The minimum absolute atomic E-state index is 0.00551. The number of alkyl halides is 1. The number of ether oxygens (including phenoxy) is 2. The van der Waals surface area contributed by atoms with Gasteiger partial charge in [0.05, 0.1) is 23.6 Å². The van der Waals surface area contributed by atoms with E-state index < -0.39 is 30.1 Å². The van der Waals surface area contributed by atoms with Crippen LogP contribution in [-0.2, 0) is 14.3 Å². The summed E-state index contributed by atoms with van der Waals surface area (Å²) in [6, 6.07) is 5.52. The highest BCUT2D eigenvalue weighted by molar-refractivity contribution is 6.18. The van der Waals surface area contributed by atoms with Crippen molar-refractivity contribution in [3.63, 3.8) is 0 Å². The first-order valence-electron chi connectivity index (χ1n) is 6.97. The molecule has 2 N–H and O–H groups in total. The van der Waals surface area contributed by atoms with Crippen molar-refractivity contribution in [1.29, 1.82) is 0 Å². The fourth-order valence-corrected chi connectivity index (χ4v) is 2.01. The molecule has 8 heteroatoms. The molecule has 24 heavy (non-hydrogen) atoms. The van der Waals surface area contributed by atoms with Gasteiger partial charge in [-0.05, 0) is 12.1 Å². The number of carbonyl (C=O) groups excluding carboxylic acids is 2. The molecule has 0 aliphatic rings. The van der Waals surface area contributed by atoms with Gasteiger partial charge < -0.3 is 19.7 Å². The summed E-state index contributed by atoms with van der Waals surface area (Å²) in [6.07, 6.45) is -1.29. The van der Waals surface area contributed by atoms with Gasteiger partial charge in [-0.25, -0.2) is 14.4 Å². The van der Waals surface area contributed by atoms with Gasteiger partial charge in [0.15, 0.2) is 0 Å². The standard InChI is InChI=1S/C16H17ClO7/c1-2-14(19)23-8-7-13(12(18)9-17)24-16(22)11-6-4-3-5-10(11)15(20)21/h2-6,12-13,18H,1,7-9H2,(H,20,21). The van der Waals surface area contributed by atoms with E-state index in [-0.39, 0.29) is 30.0 Å². The van der Waals surface area contributed by atoms with Gasteiger partial charge in [-0.2, -0.15) is 0 Å². The SMILES string of the molecule is C=CC(=O)OCCC(OC(=O)c1ccccc1C(=O)O)C(O)CCl. The van der Waals surface area contributed by atoms with Crippen LogP contribution in [0.5, 0.6) is 0 Å². The second kappa shape index (κ2) is 9.69. The summed E-state index contributed by atoms with van der Waals surface area (Å²) in [5.41, 5.74) is -0.375. The molecule has 0 heterocycles. The van der Waals surface area contributed by atoms with Crippen molar-refractivity contribution < 1.29 is 34.1 Å². The largest absolute Gasteiger partial charge is 0.478 e. The third-order valence-electron chi connectivity index (χ3n) is 3.04. The van der Waals surface area contributed by atoms with E-state index in [4.69, 9.17) is 26.2 Å². The molecule has 0 saturated heterocycles. The predicted octanol–water partition coefficient (Wildman–Crippen LogP) is 1.63. The topological polar surface area (TPSA) is 110 Å². The van der Waals surface area contributed by atoms with Gasteiger partial charge in [-0.3, -0.25) is 0 Å². The molecule has 0 fully saturated rings. The number of esters is 2. The first-order chi connectivity index (χ1) is 11.4. The molecule has 1 aromatic carbocycles. The molecule has 0 bridgehead atoms. The van der Waals surface area contributed by atoms with Crippen molar-refractivity contribution in [1.82, 2.24) is 0 Å². The van der Waals surface area contributed by atoms with Crippen LogP contribution in [0.4, 0.5) is 0 Å². The number of rotatable bonds is 9. The Morgan fingerprint density at radius 3 is 2.42 bits per heavy atom. The highest BCUT2D eigenvalue weighted by atomic mass is 35.5. The summed E-state index contributed by atoms with van der Waals surface area (Å²) < 4.78 is 9.91. The summed E-state index contributed by atoms with van der Waals surface area (Å²) in [4.78, 5) is 34.3. The number of hydrogen-bond donors (Lipinski definition) is 2. The van der Waals surface area contributed by atoms with Crippen LogP contribution in [0.25, 0.3) is 0 Å². The number of halogens is 1. The van der Waals surface area contributed by atoms with E-state index in [9.17, 15) is 19.5 Å². The molecule has 0 spiro atoms. The second-order valence-electron chi connectivity index (χ2n) is 4.68. The van der Waals surface area contributed by atoms with Crippen molar-refractivity contribution in [2.75, 3.05) is 12.5 Å². The Kier molecular flexibility index (Phi) is 7.94. The van der Waals surface area contributed by atoms with Gasteiger partial charge in [-0.15, -0.1) is 11.6 Å². The van der Waals surface area contributed by atoms with Gasteiger partial charge in [-0.1, -0.05) is 18.7 Å². The van der Waals surface area contributed by atoms with Gasteiger partial charge in [0.25, 0.3) is 0 Å². The number of benzene rings is 1. The van der Waals surface area contributed by atoms with Gasteiger partial charge in [0.1, 0.15) is 12.2 Å². The Bertz CT molecular complexity index is 614. The van der Waals surface area contributed by atoms with E-state index in [1.54, 1.807) is 0 Å².